The Morgan fingerprint density at radius 3 is 2.52 bits per heavy atom. The molecule has 0 saturated heterocycles. The third-order valence-electron chi connectivity index (χ3n) is 3.39. The molecule has 0 aliphatic rings. The van der Waals surface area contributed by atoms with E-state index in [4.69, 9.17) is 5.84 Å². The first kappa shape index (κ1) is 15.4. The van der Waals surface area contributed by atoms with E-state index in [2.05, 4.69) is 41.4 Å². The van der Waals surface area contributed by atoms with E-state index in [1.807, 2.05) is 42.5 Å². The smallest absolute Gasteiger partial charge is 0.210 e. The fourth-order valence-corrected chi connectivity index (χ4v) is 2.81. The molecule has 0 radical (unpaired) electrons. The molecule has 0 bridgehead atoms. The fourth-order valence-electron chi connectivity index (χ4n) is 2.15. The van der Waals surface area contributed by atoms with Crippen molar-refractivity contribution in [1.82, 2.24) is 14.9 Å². The van der Waals surface area contributed by atoms with Gasteiger partial charge in [-0.2, -0.15) is 0 Å². The number of benzene rings is 2. The van der Waals surface area contributed by atoms with E-state index in [1.54, 1.807) is 16.4 Å². The molecule has 0 unspecified atom stereocenters. The van der Waals surface area contributed by atoms with Crippen LogP contribution < -0.4 is 5.84 Å². The van der Waals surface area contributed by atoms with Gasteiger partial charge in [-0.25, -0.2) is 4.68 Å². The summed E-state index contributed by atoms with van der Waals surface area (Å²) in [5, 5.41) is 9.08. The first-order valence-electron chi connectivity index (χ1n) is 7.36. The van der Waals surface area contributed by atoms with Crippen LogP contribution in [0, 0.1) is 6.92 Å². The standard InChI is InChI=1S/C18H18N4S/c1-14-9-11-16(12-10-14)17-20-21-18(22(17)19)23-13-5-8-15-6-3-2-4-7-15/h2-12H,13,19H2,1H3. The highest BCUT2D eigenvalue weighted by atomic mass is 32.2. The normalized spacial score (nSPS) is 11.2. The summed E-state index contributed by atoms with van der Waals surface area (Å²) in [4.78, 5) is 0. The van der Waals surface area contributed by atoms with E-state index >= 15 is 0 Å². The van der Waals surface area contributed by atoms with Crippen molar-refractivity contribution in [2.24, 2.45) is 0 Å². The second-order valence-corrected chi connectivity index (χ2v) is 6.15. The Hall–Kier alpha value is -2.53. The second kappa shape index (κ2) is 7.15. The highest BCUT2D eigenvalue weighted by molar-refractivity contribution is 7.99. The first-order chi connectivity index (χ1) is 11.2. The van der Waals surface area contributed by atoms with Crippen molar-refractivity contribution in [2.75, 3.05) is 11.6 Å². The monoisotopic (exact) mass is 322 g/mol. The van der Waals surface area contributed by atoms with Crippen molar-refractivity contribution in [3.63, 3.8) is 0 Å². The van der Waals surface area contributed by atoms with E-state index in [0.29, 0.717) is 11.0 Å². The van der Waals surface area contributed by atoms with Crippen LogP contribution in [-0.2, 0) is 0 Å². The van der Waals surface area contributed by atoms with Gasteiger partial charge in [0.15, 0.2) is 5.82 Å². The van der Waals surface area contributed by atoms with Gasteiger partial charge in [-0.05, 0) is 12.5 Å². The maximum atomic E-state index is 6.11. The van der Waals surface area contributed by atoms with Crippen molar-refractivity contribution >= 4 is 17.8 Å². The molecule has 5 heteroatoms. The van der Waals surface area contributed by atoms with Gasteiger partial charge < -0.3 is 5.84 Å². The predicted octanol–water partition coefficient (Wildman–Crippen LogP) is 3.77. The zero-order valence-corrected chi connectivity index (χ0v) is 13.7. The van der Waals surface area contributed by atoms with Crippen LogP contribution in [0.5, 0.6) is 0 Å². The Kier molecular flexibility index (Phi) is 4.78. The molecular formula is C18H18N4S. The van der Waals surface area contributed by atoms with Crippen LogP contribution in [0.3, 0.4) is 0 Å². The van der Waals surface area contributed by atoms with Gasteiger partial charge in [-0.3, -0.25) is 0 Å². The minimum atomic E-state index is 0.680. The number of aryl methyl sites for hydroxylation is 1. The molecular weight excluding hydrogens is 304 g/mol. The molecule has 0 amide bonds. The van der Waals surface area contributed by atoms with Crippen LogP contribution in [0.1, 0.15) is 11.1 Å². The number of nitrogen functional groups attached to an aromatic ring is 1. The number of hydrogen-bond donors (Lipinski definition) is 1. The molecule has 0 saturated carbocycles. The lowest BCUT2D eigenvalue weighted by atomic mass is 10.1. The number of nitrogens with two attached hydrogens (primary N) is 1. The molecule has 0 fully saturated rings. The highest BCUT2D eigenvalue weighted by Gasteiger charge is 2.11. The molecule has 23 heavy (non-hydrogen) atoms. The minimum absolute atomic E-state index is 0.680. The van der Waals surface area contributed by atoms with Gasteiger partial charge in [0, 0.05) is 11.3 Å². The number of aromatic nitrogens is 3. The number of hydrogen-bond acceptors (Lipinski definition) is 4. The van der Waals surface area contributed by atoms with Crippen LogP contribution in [-0.4, -0.2) is 20.6 Å². The van der Waals surface area contributed by atoms with E-state index in [9.17, 15) is 0 Å². The molecule has 1 heterocycles. The van der Waals surface area contributed by atoms with E-state index in [0.717, 1.165) is 11.3 Å². The SMILES string of the molecule is Cc1ccc(-c2nnc(SCC=Cc3ccccc3)n2N)cc1. The Morgan fingerprint density at radius 1 is 1.04 bits per heavy atom. The number of nitrogens with zero attached hydrogens (tertiary/aromatic N) is 3. The zero-order chi connectivity index (χ0) is 16.1. The summed E-state index contributed by atoms with van der Waals surface area (Å²) in [7, 11) is 0. The van der Waals surface area contributed by atoms with Gasteiger partial charge in [-0.1, -0.05) is 84.1 Å². The lowest BCUT2D eigenvalue weighted by Crippen LogP contribution is -2.11. The Bertz CT molecular complexity index is 792. The predicted molar refractivity (Wildman–Crippen MR) is 96.5 cm³/mol. The van der Waals surface area contributed by atoms with Crippen LogP contribution in [0.4, 0.5) is 0 Å². The highest BCUT2D eigenvalue weighted by Crippen LogP contribution is 2.22. The lowest BCUT2D eigenvalue weighted by molar-refractivity contribution is 0.851. The van der Waals surface area contributed by atoms with Gasteiger partial charge in [0.1, 0.15) is 0 Å². The first-order valence-corrected chi connectivity index (χ1v) is 8.34. The van der Waals surface area contributed by atoms with E-state index in [-0.39, 0.29) is 0 Å². The van der Waals surface area contributed by atoms with Gasteiger partial charge in [0.25, 0.3) is 0 Å². The minimum Gasteiger partial charge on any atom is -0.335 e. The summed E-state index contributed by atoms with van der Waals surface area (Å²) in [6.07, 6.45) is 4.19. The summed E-state index contributed by atoms with van der Waals surface area (Å²) < 4.78 is 1.55. The Labute approximate surface area is 140 Å². The van der Waals surface area contributed by atoms with Crippen LogP contribution >= 0.6 is 11.8 Å². The van der Waals surface area contributed by atoms with Crippen LogP contribution in [0.15, 0.2) is 65.8 Å². The molecule has 3 aromatic rings. The molecule has 0 spiro atoms. The van der Waals surface area contributed by atoms with Gasteiger partial charge in [-0.15, -0.1) is 10.2 Å². The Morgan fingerprint density at radius 2 is 1.78 bits per heavy atom. The van der Waals surface area contributed by atoms with E-state index in [1.165, 1.54) is 11.1 Å². The molecule has 116 valence electrons. The summed E-state index contributed by atoms with van der Waals surface area (Å²) in [5.41, 5.74) is 3.36. The molecule has 0 aliphatic carbocycles. The molecule has 2 N–H and O–H groups in total. The molecule has 3 rings (SSSR count). The van der Waals surface area contributed by atoms with Crippen molar-refractivity contribution in [1.29, 1.82) is 0 Å². The van der Waals surface area contributed by atoms with Crippen molar-refractivity contribution in [2.45, 2.75) is 12.1 Å². The van der Waals surface area contributed by atoms with Crippen molar-refractivity contribution in [3.05, 3.63) is 71.8 Å². The van der Waals surface area contributed by atoms with Gasteiger partial charge >= 0.3 is 0 Å². The van der Waals surface area contributed by atoms with Crippen LogP contribution in [0.25, 0.3) is 17.5 Å². The summed E-state index contributed by atoms with van der Waals surface area (Å²) in [6.45, 7) is 2.05. The average Bonchev–Trinajstić information content (AvgIpc) is 2.94. The Balaban J connectivity index is 1.65. The quantitative estimate of drug-likeness (QED) is 0.574. The molecule has 4 nitrogen and oxygen atoms in total. The molecule has 2 aromatic carbocycles. The average molecular weight is 322 g/mol. The number of rotatable bonds is 5. The third kappa shape index (κ3) is 3.81. The van der Waals surface area contributed by atoms with Crippen molar-refractivity contribution < 1.29 is 0 Å². The summed E-state index contributed by atoms with van der Waals surface area (Å²) in [6, 6.07) is 18.3. The summed E-state index contributed by atoms with van der Waals surface area (Å²) in [5.74, 6) is 7.58. The molecule has 0 aliphatic heterocycles. The lowest BCUT2D eigenvalue weighted by Gasteiger charge is -2.03. The number of thioether (sulfide) groups is 1. The van der Waals surface area contributed by atoms with Gasteiger partial charge in [0.05, 0.1) is 0 Å². The zero-order valence-electron chi connectivity index (χ0n) is 12.9. The fraction of sp³-hybridized carbons (Fsp3) is 0.111. The topological polar surface area (TPSA) is 56.7 Å². The molecule has 0 atom stereocenters. The van der Waals surface area contributed by atoms with Gasteiger partial charge in [0.2, 0.25) is 5.16 Å². The van der Waals surface area contributed by atoms with Crippen LogP contribution in [0.2, 0.25) is 0 Å². The van der Waals surface area contributed by atoms with E-state index < -0.39 is 0 Å². The molecule has 1 aromatic heterocycles. The third-order valence-corrected chi connectivity index (χ3v) is 4.29. The second-order valence-electron chi connectivity index (χ2n) is 5.17. The largest absolute Gasteiger partial charge is 0.335 e. The summed E-state index contributed by atoms with van der Waals surface area (Å²) >= 11 is 1.56. The maximum absolute atomic E-state index is 6.11. The van der Waals surface area contributed by atoms with Crippen molar-refractivity contribution in [3.8, 4) is 11.4 Å². The maximum Gasteiger partial charge on any atom is 0.210 e.